The molecule has 0 bridgehead atoms. The first-order chi connectivity index (χ1) is 9.13. The number of nitriles is 1. The van der Waals surface area contributed by atoms with Crippen LogP contribution in [-0.2, 0) is 9.59 Å². The Hall–Kier alpha value is -2.55. The number of nitrogens with zero attached hydrogens (tertiary/aromatic N) is 1. The average Bonchev–Trinajstić information content (AvgIpc) is 2.41. The molecule has 2 N–H and O–H groups in total. The van der Waals surface area contributed by atoms with Gasteiger partial charge in [-0.05, 0) is 18.6 Å². The van der Waals surface area contributed by atoms with E-state index < -0.39 is 6.04 Å². The fraction of sp³-hybridized carbons (Fsp3) is 0.308. The van der Waals surface area contributed by atoms with Crippen molar-refractivity contribution in [2.45, 2.75) is 18.9 Å². The topological polar surface area (TPSA) is 91.2 Å². The predicted molar refractivity (Wildman–Crippen MR) is 67.5 cm³/mol. The Morgan fingerprint density at radius 2 is 2.26 bits per heavy atom. The maximum atomic E-state index is 11.7. The molecule has 98 valence electrons. The Morgan fingerprint density at radius 1 is 1.47 bits per heavy atom. The summed E-state index contributed by atoms with van der Waals surface area (Å²) in [6, 6.07) is 6.47. The molecule has 1 aliphatic rings. The molecular weight excluding hydrogens is 246 g/mol. The van der Waals surface area contributed by atoms with Crippen LogP contribution in [-0.4, -0.2) is 25.0 Å². The minimum absolute atomic E-state index is 0.269. The van der Waals surface area contributed by atoms with Crippen LogP contribution in [0.4, 0.5) is 5.69 Å². The lowest BCUT2D eigenvalue weighted by atomic mass is 10.0. The average molecular weight is 259 g/mol. The Bertz CT molecular complexity index is 563. The van der Waals surface area contributed by atoms with Gasteiger partial charge in [0.1, 0.15) is 17.9 Å². The molecule has 0 aliphatic carbocycles. The zero-order valence-electron chi connectivity index (χ0n) is 10.4. The van der Waals surface area contributed by atoms with Gasteiger partial charge in [-0.25, -0.2) is 0 Å². The van der Waals surface area contributed by atoms with Crippen LogP contribution in [0.2, 0.25) is 0 Å². The van der Waals surface area contributed by atoms with E-state index in [1.807, 2.05) is 6.07 Å². The van der Waals surface area contributed by atoms with Crippen LogP contribution in [0, 0.1) is 11.3 Å². The third-order valence-electron chi connectivity index (χ3n) is 2.92. The fourth-order valence-electron chi connectivity index (χ4n) is 1.89. The molecule has 0 radical (unpaired) electrons. The number of amides is 2. The lowest BCUT2D eigenvalue weighted by Gasteiger charge is -2.23. The van der Waals surface area contributed by atoms with Crippen molar-refractivity contribution in [3.63, 3.8) is 0 Å². The number of benzene rings is 1. The molecule has 0 aromatic heterocycles. The second-order valence-electron chi connectivity index (χ2n) is 4.17. The number of nitrogens with one attached hydrogen (secondary N) is 2. The third-order valence-corrected chi connectivity index (χ3v) is 2.92. The van der Waals surface area contributed by atoms with E-state index >= 15 is 0 Å². The zero-order valence-corrected chi connectivity index (χ0v) is 10.4. The van der Waals surface area contributed by atoms with E-state index in [1.54, 1.807) is 18.2 Å². The standard InChI is InChI=1S/C13H13N3O3/c1-19-9-3-2-8(7-14)11(6-9)15-10-4-5-12(17)16-13(10)18/h2-3,6,10,15H,4-5H2,1H3,(H,16,17,18). The maximum Gasteiger partial charge on any atom is 0.249 e. The summed E-state index contributed by atoms with van der Waals surface area (Å²) in [5.74, 6) is -0.0500. The van der Waals surface area contributed by atoms with E-state index in [2.05, 4.69) is 10.6 Å². The number of piperidine rings is 1. The van der Waals surface area contributed by atoms with E-state index in [9.17, 15) is 9.59 Å². The van der Waals surface area contributed by atoms with Gasteiger partial charge < -0.3 is 10.1 Å². The maximum absolute atomic E-state index is 11.7. The van der Waals surface area contributed by atoms with Crippen LogP contribution in [0.3, 0.4) is 0 Å². The highest BCUT2D eigenvalue weighted by Crippen LogP contribution is 2.23. The van der Waals surface area contributed by atoms with Crippen LogP contribution in [0.5, 0.6) is 5.75 Å². The van der Waals surface area contributed by atoms with Gasteiger partial charge in [0.05, 0.1) is 18.4 Å². The molecule has 1 saturated heterocycles. The molecule has 2 amide bonds. The number of ether oxygens (including phenoxy) is 1. The van der Waals surface area contributed by atoms with E-state index in [4.69, 9.17) is 10.00 Å². The van der Waals surface area contributed by atoms with Crippen molar-refractivity contribution in [3.05, 3.63) is 23.8 Å². The van der Waals surface area contributed by atoms with Crippen molar-refractivity contribution in [2.24, 2.45) is 0 Å². The Morgan fingerprint density at radius 3 is 2.89 bits per heavy atom. The highest BCUT2D eigenvalue weighted by atomic mass is 16.5. The number of hydrogen-bond donors (Lipinski definition) is 2. The minimum Gasteiger partial charge on any atom is -0.497 e. The third kappa shape index (κ3) is 2.83. The van der Waals surface area contributed by atoms with Gasteiger partial charge >= 0.3 is 0 Å². The van der Waals surface area contributed by atoms with E-state index in [-0.39, 0.29) is 18.2 Å². The van der Waals surface area contributed by atoms with Gasteiger partial charge in [0.15, 0.2) is 0 Å². The number of methoxy groups -OCH3 is 1. The summed E-state index contributed by atoms with van der Waals surface area (Å²) in [5, 5.41) is 14.3. The highest BCUT2D eigenvalue weighted by Gasteiger charge is 2.26. The van der Waals surface area contributed by atoms with Crippen LogP contribution in [0.15, 0.2) is 18.2 Å². The van der Waals surface area contributed by atoms with Crippen LogP contribution >= 0.6 is 0 Å². The summed E-state index contributed by atoms with van der Waals surface area (Å²) in [5.41, 5.74) is 0.946. The smallest absolute Gasteiger partial charge is 0.249 e. The van der Waals surface area contributed by atoms with Gasteiger partial charge in [0.2, 0.25) is 11.8 Å². The molecule has 6 nitrogen and oxygen atoms in total. The van der Waals surface area contributed by atoms with Crippen LogP contribution < -0.4 is 15.4 Å². The van der Waals surface area contributed by atoms with Gasteiger partial charge in [0, 0.05) is 12.5 Å². The van der Waals surface area contributed by atoms with Gasteiger partial charge in [-0.3, -0.25) is 14.9 Å². The quantitative estimate of drug-likeness (QED) is 0.783. The largest absolute Gasteiger partial charge is 0.497 e. The lowest BCUT2D eigenvalue weighted by molar-refractivity contribution is -0.133. The molecule has 1 aliphatic heterocycles. The Labute approximate surface area is 110 Å². The number of hydrogen-bond acceptors (Lipinski definition) is 5. The summed E-state index contributed by atoms with van der Waals surface area (Å²) in [4.78, 5) is 22.7. The van der Waals surface area contributed by atoms with Crippen molar-refractivity contribution in [1.82, 2.24) is 5.32 Å². The van der Waals surface area contributed by atoms with Crippen LogP contribution in [0.25, 0.3) is 0 Å². The highest BCUT2D eigenvalue weighted by molar-refractivity contribution is 6.01. The molecule has 6 heteroatoms. The lowest BCUT2D eigenvalue weighted by Crippen LogP contribution is -2.47. The summed E-state index contributed by atoms with van der Waals surface area (Å²) in [7, 11) is 1.52. The normalized spacial score (nSPS) is 18.4. The molecule has 1 aromatic rings. The van der Waals surface area contributed by atoms with Gasteiger partial charge in [-0.15, -0.1) is 0 Å². The second-order valence-corrected chi connectivity index (χ2v) is 4.17. The molecule has 1 unspecified atom stereocenters. The number of carbonyl (C=O) groups is 2. The van der Waals surface area contributed by atoms with Gasteiger partial charge in [0.25, 0.3) is 0 Å². The van der Waals surface area contributed by atoms with Crippen molar-refractivity contribution >= 4 is 17.5 Å². The molecule has 1 aromatic carbocycles. The molecule has 2 rings (SSSR count). The van der Waals surface area contributed by atoms with Crippen LogP contribution in [0.1, 0.15) is 18.4 Å². The number of carbonyl (C=O) groups excluding carboxylic acids is 2. The summed E-state index contributed by atoms with van der Waals surface area (Å²) < 4.78 is 5.08. The first-order valence-electron chi connectivity index (χ1n) is 5.82. The number of anilines is 1. The molecule has 1 heterocycles. The van der Waals surface area contributed by atoms with Crippen molar-refractivity contribution in [3.8, 4) is 11.8 Å². The van der Waals surface area contributed by atoms with Crippen molar-refractivity contribution in [2.75, 3.05) is 12.4 Å². The fourth-order valence-corrected chi connectivity index (χ4v) is 1.89. The molecule has 0 spiro atoms. The number of imide groups is 1. The van der Waals surface area contributed by atoms with E-state index in [0.29, 0.717) is 23.4 Å². The van der Waals surface area contributed by atoms with E-state index in [0.717, 1.165) is 0 Å². The minimum atomic E-state index is -0.517. The Kier molecular flexibility index (Phi) is 3.66. The second kappa shape index (κ2) is 5.40. The Balaban J connectivity index is 2.20. The predicted octanol–water partition coefficient (Wildman–Crippen LogP) is 0.784. The van der Waals surface area contributed by atoms with E-state index in [1.165, 1.54) is 7.11 Å². The van der Waals surface area contributed by atoms with Gasteiger partial charge in [-0.2, -0.15) is 5.26 Å². The first-order valence-corrected chi connectivity index (χ1v) is 5.82. The molecule has 0 saturated carbocycles. The molecule has 19 heavy (non-hydrogen) atoms. The van der Waals surface area contributed by atoms with Crippen molar-refractivity contribution < 1.29 is 14.3 Å². The number of rotatable bonds is 3. The molecular formula is C13H13N3O3. The SMILES string of the molecule is COc1ccc(C#N)c(NC2CCC(=O)NC2=O)c1. The summed E-state index contributed by atoms with van der Waals surface area (Å²) in [6.07, 6.45) is 0.696. The molecule has 1 atom stereocenters. The molecule has 1 fully saturated rings. The summed E-state index contributed by atoms with van der Waals surface area (Å²) in [6.45, 7) is 0. The van der Waals surface area contributed by atoms with Crippen molar-refractivity contribution in [1.29, 1.82) is 5.26 Å². The van der Waals surface area contributed by atoms with Gasteiger partial charge in [-0.1, -0.05) is 0 Å². The zero-order chi connectivity index (χ0) is 13.8. The monoisotopic (exact) mass is 259 g/mol. The summed E-state index contributed by atoms with van der Waals surface area (Å²) >= 11 is 0. The first kappa shape index (κ1) is 12.9.